The van der Waals surface area contributed by atoms with Crippen molar-refractivity contribution in [1.82, 2.24) is 25.0 Å². The summed E-state index contributed by atoms with van der Waals surface area (Å²) in [5, 5.41) is 9.55. The summed E-state index contributed by atoms with van der Waals surface area (Å²) in [6.45, 7) is 3.66. The minimum atomic E-state index is -0.388. The molecule has 1 N–H and O–H groups in total. The molecule has 2 aromatic heterocycles. The first-order valence-corrected chi connectivity index (χ1v) is 7.64. The molecule has 0 saturated carbocycles. The quantitative estimate of drug-likeness (QED) is 0.726. The van der Waals surface area contributed by atoms with Gasteiger partial charge in [-0.25, -0.2) is 15.4 Å². The summed E-state index contributed by atoms with van der Waals surface area (Å²) in [7, 11) is 0. The third-order valence-electron chi connectivity index (χ3n) is 3.44. The number of hydrogen-bond acceptors (Lipinski definition) is 6. The number of amides is 1. The van der Waals surface area contributed by atoms with E-state index in [1.807, 2.05) is 38.1 Å². The second kappa shape index (κ2) is 4.77. The van der Waals surface area contributed by atoms with Gasteiger partial charge in [0.25, 0.3) is 5.91 Å². The van der Waals surface area contributed by atoms with Crippen molar-refractivity contribution < 1.29 is 4.79 Å². The lowest BCUT2D eigenvalue weighted by molar-refractivity contribution is -0.118. The predicted molar refractivity (Wildman–Crippen MR) is 83.9 cm³/mol. The molecule has 1 aromatic carbocycles. The third kappa shape index (κ3) is 1.95. The lowest BCUT2D eigenvalue weighted by Gasteiger charge is -2.09. The number of para-hydroxylation sites is 1. The van der Waals surface area contributed by atoms with Crippen LogP contribution < -0.4 is 5.43 Å². The van der Waals surface area contributed by atoms with Gasteiger partial charge >= 0.3 is 0 Å². The normalized spacial score (nSPS) is 18.0. The molecule has 1 aliphatic heterocycles. The molecule has 8 heteroatoms. The molecular weight excluding hydrogens is 300 g/mol. The van der Waals surface area contributed by atoms with E-state index in [2.05, 4.69) is 25.6 Å². The van der Waals surface area contributed by atoms with E-state index in [1.54, 1.807) is 4.52 Å². The van der Waals surface area contributed by atoms with Gasteiger partial charge in [0.15, 0.2) is 10.8 Å². The summed E-state index contributed by atoms with van der Waals surface area (Å²) in [6.07, 6.45) is 0. The molecule has 0 saturated heterocycles. The third-order valence-corrected chi connectivity index (χ3v) is 4.70. The number of nitrogens with one attached hydrogen (secondary N) is 1. The van der Waals surface area contributed by atoms with Crippen molar-refractivity contribution in [2.24, 2.45) is 5.10 Å². The molecule has 7 nitrogen and oxygen atoms in total. The van der Waals surface area contributed by atoms with E-state index in [-0.39, 0.29) is 11.2 Å². The van der Waals surface area contributed by atoms with Crippen molar-refractivity contribution in [3.05, 3.63) is 30.1 Å². The van der Waals surface area contributed by atoms with Gasteiger partial charge in [0.2, 0.25) is 0 Å². The van der Waals surface area contributed by atoms with Gasteiger partial charge in [-0.15, -0.1) is 5.10 Å². The number of carbonyl (C=O) groups excluding carboxylic acids is 1. The number of hydrazone groups is 1. The summed E-state index contributed by atoms with van der Waals surface area (Å²) in [4.78, 5) is 21.0. The highest BCUT2D eigenvalue weighted by molar-refractivity contribution is 8.01. The van der Waals surface area contributed by atoms with E-state index in [4.69, 9.17) is 0 Å². The van der Waals surface area contributed by atoms with Crippen LogP contribution in [0.1, 0.15) is 12.7 Å². The Hall–Kier alpha value is -2.48. The molecule has 1 unspecified atom stereocenters. The van der Waals surface area contributed by atoms with Crippen LogP contribution in [0.15, 0.2) is 34.5 Å². The van der Waals surface area contributed by atoms with E-state index in [9.17, 15) is 4.79 Å². The molecule has 1 aliphatic rings. The number of nitrogens with zero attached hydrogens (tertiary/aromatic N) is 5. The summed E-state index contributed by atoms with van der Waals surface area (Å²) < 4.78 is 1.70. The van der Waals surface area contributed by atoms with Crippen LogP contribution >= 0.6 is 11.8 Å². The highest BCUT2D eigenvalue weighted by atomic mass is 32.2. The fourth-order valence-electron chi connectivity index (χ4n) is 2.40. The van der Waals surface area contributed by atoms with Crippen molar-refractivity contribution in [2.75, 3.05) is 0 Å². The maximum Gasteiger partial charge on any atom is 0.259 e. The van der Waals surface area contributed by atoms with E-state index < -0.39 is 0 Å². The van der Waals surface area contributed by atoms with Gasteiger partial charge < -0.3 is 0 Å². The molecule has 0 spiro atoms. The SMILES string of the molecule is CC1=NNC(=O)C1Sc1nc2ccccc2c2nc(C)nn12. The average Bonchev–Trinajstić information content (AvgIpc) is 3.04. The van der Waals surface area contributed by atoms with Gasteiger partial charge in [0.05, 0.1) is 11.2 Å². The van der Waals surface area contributed by atoms with E-state index in [1.165, 1.54) is 11.8 Å². The summed E-state index contributed by atoms with van der Waals surface area (Å²) in [5.41, 5.74) is 4.80. The van der Waals surface area contributed by atoms with Crippen molar-refractivity contribution in [3.8, 4) is 0 Å². The van der Waals surface area contributed by atoms with Gasteiger partial charge in [-0.2, -0.15) is 9.62 Å². The second-order valence-electron chi connectivity index (χ2n) is 5.03. The fourth-order valence-corrected chi connectivity index (χ4v) is 3.38. The topological polar surface area (TPSA) is 84.5 Å². The Balaban J connectivity index is 1.92. The van der Waals surface area contributed by atoms with Crippen LogP contribution in [-0.4, -0.2) is 36.5 Å². The van der Waals surface area contributed by atoms with Crippen LogP contribution in [0.3, 0.4) is 0 Å². The van der Waals surface area contributed by atoms with Crippen LogP contribution in [0, 0.1) is 6.92 Å². The standard InChI is InChI=1S/C14H12N6OS/c1-7-11(13(21)18-17-7)22-14-16-10-6-4-3-5-9(10)12-15-8(2)19-20(12)14/h3-6,11H,1-2H3,(H,18,21). The lowest BCUT2D eigenvalue weighted by atomic mass is 10.2. The van der Waals surface area contributed by atoms with Gasteiger partial charge in [-0.05, 0) is 26.0 Å². The highest BCUT2D eigenvalue weighted by Crippen LogP contribution is 2.28. The molecule has 0 fully saturated rings. The Morgan fingerprint density at radius 2 is 2.05 bits per heavy atom. The molecule has 0 bridgehead atoms. The Bertz CT molecular complexity index is 947. The first-order valence-electron chi connectivity index (χ1n) is 6.76. The summed E-state index contributed by atoms with van der Waals surface area (Å²) in [5.74, 6) is 0.531. The van der Waals surface area contributed by atoms with Gasteiger partial charge in [0, 0.05) is 5.39 Å². The molecule has 110 valence electrons. The van der Waals surface area contributed by atoms with Crippen molar-refractivity contribution >= 4 is 39.9 Å². The minimum Gasteiger partial charge on any atom is -0.271 e. The van der Waals surface area contributed by atoms with Crippen LogP contribution in [0.25, 0.3) is 16.6 Å². The molecule has 4 rings (SSSR count). The average molecular weight is 312 g/mol. The van der Waals surface area contributed by atoms with Gasteiger partial charge in [0.1, 0.15) is 11.1 Å². The Morgan fingerprint density at radius 1 is 1.23 bits per heavy atom. The largest absolute Gasteiger partial charge is 0.271 e. The summed E-state index contributed by atoms with van der Waals surface area (Å²) in [6, 6.07) is 7.77. The molecule has 0 radical (unpaired) electrons. The van der Waals surface area contributed by atoms with Crippen LogP contribution in [0.5, 0.6) is 0 Å². The zero-order chi connectivity index (χ0) is 15.3. The number of rotatable bonds is 2. The Labute approximate surface area is 129 Å². The number of aromatic nitrogens is 4. The molecule has 1 amide bonds. The van der Waals surface area contributed by atoms with Gasteiger partial charge in [-0.1, -0.05) is 23.9 Å². The number of fused-ring (bicyclic) bond motifs is 3. The van der Waals surface area contributed by atoms with E-state index in [0.717, 1.165) is 22.3 Å². The molecule has 3 heterocycles. The molecule has 3 aromatic rings. The summed E-state index contributed by atoms with van der Waals surface area (Å²) >= 11 is 1.33. The minimum absolute atomic E-state index is 0.137. The molecule has 1 atom stereocenters. The predicted octanol–water partition coefficient (Wildman–Crippen LogP) is 1.55. The number of hydrogen-bond donors (Lipinski definition) is 1. The number of benzene rings is 1. The van der Waals surface area contributed by atoms with Crippen LogP contribution in [0.4, 0.5) is 0 Å². The zero-order valence-electron chi connectivity index (χ0n) is 11.9. The molecule has 0 aliphatic carbocycles. The van der Waals surface area contributed by atoms with Crippen molar-refractivity contribution in [3.63, 3.8) is 0 Å². The molecular formula is C14H12N6OS. The van der Waals surface area contributed by atoms with Crippen molar-refractivity contribution in [1.29, 1.82) is 0 Å². The number of aryl methyl sites for hydroxylation is 1. The first-order chi connectivity index (χ1) is 10.6. The smallest absolute Gasteiger partial charge is 0.259 e. The van der Waals surface area contributed by atoms with Crippen LogP contribution in [0.2, 0.25) is 0 Å². The monoisotopic (exact) mass is 312 g/mol. The zero-order valence-corrected chi connectivity index (χ0v) is 12.8. The van der Waals surface area contributed by atoms with E-state index >= 15 is 0 Å². The maximum atomic E-state index is 11.9. The second-order valence-corrected chi connectivity index (χ2v) is 6.11. The maximum absolute atomic E-state index is 11.9. The van der Waals surface area contributed by atoms with Crippen molar-refractivity contribution in [2.45, 2.75) is 24.3 Å². The lowest BCUT2D eigenvalue weighted by Crippen LogP contribution is -2.25. The molecule has 22 heavy (non-hydrogen) atoms. The first kappa shape index (κ1) is 13.2. The number of carbonyl (C=O) groups is 1. The fraction of sp³-hybridized carbons (Fsp3) is 0.214. The highest BCUT2D eigenvalue weighted by Gasteiger charge is 2.30. The van der Waals surface area contributed by atoms with Crippen LogP contribution in [-0.2, 0) is 4.79 Å². The van der Waals surface area contributed by atoms with E-state index in [0.29, 0.717) is 11.0 Å². The Kier molecular flexibility index (Phi) is 2.86. The Morgan fingerprint density at radius 3 is 2.82 bits per heavy atom. The van der Waals surface area contributed by atoms with Gasteiger partial charge in [-0.3, -0.25) is 4.79 Å². The number of thioether (sulfide) groups is 1.